The number of thioether (sulfide) groups is 1. The number of nitrogens with zero attached hydrogens (tertiary/aromatic N) is 2. The lowest BCUT2D eigenvalue weighted by Crippen LogP contribution is -2.22. The number of benzene rings is 3. The van der Waals surface area contributed by atoms with Crippen molar-refractivity contribution in [2.45, 2.75) is 32.3 Å². The third kappa shape index (κ3) is 4.32. The van der Waals surface area contributed by atoms with Crippen molar-refractivity contribution in [3.63, 3.8) is 0 Å². The second-order valence-corrected chi connectivity index (χ2v) is 8.54. The van der Waals surface area contributed by atoms with Crippen molar-refractivity contribution >= 4 is 28.4 Å². The van der Waals surface area contributed by atoms with E-state index in [1.807, 2.05) is 74.5 Å². The first-order chi connectivity index (χ1) is 15.0. The van der Waals surface area contributed by atoms with Gasteiger partial charge in [0.15, 0.2) is 10.9 Å². The van der Waals surface area contributed by atoms with Crippen LogP contribution in [0.1, 0.15) is 34.0 Å². The molecule has 0 saturated carbocycles. The number of rotatable bonds is 6. The number of aryl methyl sites for hydroxylation is 3. The number of para-hydroxylation sites is 1. The van der Waals surface area contributed by atoms with Gasteiger partial charge in [-0.3, -0.25) is 14.2 Å². The molecular formula is C26H24N2O2S. The molecule has 31 heavy (non-hydrogen) atoms. The Labute approximate surface area is 186 Å². The van der Waals surface area contributed by atoms with Crippen LogP contribution in [-0.2, 0) is 6.42 Å². The van der Waals surface area contributed by atoms with E-state index >= 15 is 0 Å². The SMILES string of the molecule is CCc1ccc(-n2c(SCC(=O)c3cc(C)ccc3C)nc3ccccc3c2=O)cc1. The highest BCUT2D eigenvalue weighted by molar-refractivity contribution is 7.99. The van der Waals surface area contributed by atoms with Gasteiger partial charge in [-0.15, -0.1) is 0 Å². The van der Waals surface area contributed by atoms with Gasteiger partial charge in [0.2, 0.25) is 0 Å². The Balaban J connectivity index is 1.76. The molecule has 0 spiro atoms. The van der Waals surface area contributed by atoms with E-state index in [0.29, 0.717) is 16.1 Å². The van der Waals surface area contributed by atoms with Crippen molar-refractivity contribution < 1.29 is 4.79 Å². The average Bonchev–Trinajstić information content (AvgIpc) is 2.79. The lowest BCUT2D eigenvalue weighted by atomic mass is 10.0. The third-order valence-electron chi connectivity index (χ3n) is 5.37. The molecule has 0 radical (unpaired) electrons. The first kappa shape index (κ1) is 21.1. The molecule has 0 unspecified atom stereocenters. The van der Waals surface area contributed by atoms with Gasteiger partial charge < -0.3 is 0 Å². The molecule has 0 aliphatic heterocycles. The number of hydrogen-bond acceptors (Lipinski definition) is 4. The van der Waals surface area contributed by atoms with Crippen molar-refractivity contribution in [2.24, 2.45) is 0 Å². The van der Waals surface area contributed by atoms with Gasteiger partial charge in [-0.05, 0) is 61.7 Å². The van der Waals surface area contributed by atoms with Gasteiger partial charge in [-0.1, -0.05) is 60.6 Å². The van der Waals surface area contributed by atoms with Crippen LogP contribution >= 0.6 is 11.8 Å². The molecule has 4 aromatic rings. The van der Waals surface area contributed by atoms with Crippen LogP contribution in [-0.4, -0.2) is 21.1 Å². The molecule has 0 saturated heterocycles. The Morgan fingerprint density at radius 2 is 1.74 bits per heavy atom. The number of Topliss-reactive ketones (excluding diaryl/α,β-unsaturated/α-hetero) is 1. The Bertz CT molecular complexity index is 1320. The van der Waals surface area contributed by atoms with E-state index in [-0.39, 0.29) is 17.1 Å². The van der Waals surface area contributed by atoms with E-state index in [1.165, 1.54) is 17.3 Å². The molecule has 0 atom stereocenters. The summed E-state index contributed by atoms with van der Waals surface area (Å²) in [7, 11) is 0. The van der Waals surface area contributed by atoms with Crippen LogP contribution in [0, 0.1) is 13.8 Å². The summed E-state index contributed by atoms with van der Waals surface area (Å²) in [6, 6.07) is 21.1. The monoisotopic (exact) mass is 428 g/mol. The van der Waals surface area contributed by atoms with Gasteiger partial charge in [0, 0.05) is 5.56 Å². The smallest absolute Gasteiger partial charge is 0.266 e. The highest BCUT2D eigenvalue weighted by atomic mass is 32.2. The molecule has 0 N–H and O–H groups in total. The molecule has 5 heteroatoms. The van der Waals surface area contributed by atoms with Crippen LogP contribution in [0.3, 0.4) is 0 Å². The molecule has 0 amide bonds. The summed E-state index contributed by atoms with van der Waals surface area (Å²) in [6.07, 6.45) is 0.928. The zero-order chi connectivity index (χ0) is 22.0. The number of carbonyl (C=O) groups is 1. The fourth-order valence-corrected chi connectivity index (χ4v) is 4.46. The molecule has 0 fully saturated rings. The number of ketones is 1. The van der Waals surface area contributed by atoms with Gasteiger partial charge in [0.1, 0.15) is 0 Å². The average molecular weight is 429 g/mol. The van der Waals surface area contributed by atoms with E-state index in [9.17, 15) is 9.59 Å². The van der Waals surface area contributed by atoms with Gasteiger partial charge in [0.25, 0.3) is 5.56 Å². The maximum Gasteiger partial charge on any atom is 0.266 e. The first-order valence-corrected chi connectivity index (χ1v) is 11.3. The topological polar surface area (TPSA) is 52.0 Å². The largest absolute Gasteiger partial charge is 0.293 e. The minimum absolute atomic E-state index is 0.0292. The van der Waals surface area contributed by atoms with Crippen molar-refractivity contribution in [2.75, 3.05) is 5.75 Å². The molecule has 0 aliphatic carbocycles. The Kier molecular flexibility index (Phi) is 6.05. The van der Waals surface area contributed by atoms with E-state index in [2.05, 4.69) is 6.92 Å². The van der Waals surface area contributed by atoms with Gasteiger partial charge in [0.05, 0.1) is 22.3 Å². The van der Waals surface area contributed by atoms with Crippen molar-refractivity contribution in [3.05, 3.63) is 99.3 Å². The Morgan fingerprint density at radius 1 is 1.00 bits per heavy atom. The van der Waals surface area contributed by atoms with E-state index in [4.69, 9.17) is 4.98 Å². The lowest BCUT2D eigenvalue weighted by Gasteiger charge is -2.14. The first-order valence-electron chi connectivity index (χ1n) is 10.3. The summed E-state index contributed by atoms with van der Waals surface area (Å²) >= 11 is 1.30. The maximum atomic E-state index is 13.3. The molecular weight excluding hydrogens is 404 g/mol. The molecule has 0 bridgehead atoms. The predicted octanol–water partition coefficient (Wildman–Crippen LogP) is 5.54. The second kappa shape index (κ2) is 8.90. The zero-order valence-electron chi connectivity index (χ0n) is 17.9. The molecule has 4 nitrogen and oxygen atoms in total. The highest BCUT2D eigenvalue weighted by Crippen LogP contribution is 2.23. The summed E-state index contributed by atoms with van der Waals surface area (Å²) in [6.45, 7) is 6.02. The van der Waals surface area contributed by atoms with Gasteiger partial charge in [-0.25, -0.2) is 4.98 Å². The molecule has 3 aromatic carbocycles. The fraction of sp³-hybridized carbons (Fsp3) is 0.192. The summed E-state index contributed by atoms with van der Waals surface area (Å²) in [4.78, 5) is 31.0. The standard InChI is InChI=1S/C26H24N2O2S/c1-4-19-11-13-20(14-12-19)28-25(30)21-7-5-6-8-23(21)27-26(28)31-16-24(29)22-15-17(2)9-10-18(22)3/h5-15H,4,16H2,1-3H3. The molecule has 1 heterocycles. The number of hydrogen-bond donors (Lipinski definition) is 0. The number of aromatic nitrogens is 2. The van der Waals surface area contributed by atoms with E-state index in [0.717, 1.165) is 28.8 Å². The minimum atomic E-state index is -0.128. The lowest BCUT2D eigenvalue weighted by molar-refractivity contribution is 0.102. The van der Waals surface area contributed by atoms with Gasteiger partial charge >= 0.3 is 0 Å². The quantitative estimate of drug-likeness (QED) is 0.230. The zero-order valence-corrected chi connectivity index (χ0v) is 18.7. The van der Waals surface area contributed by atoms with E-state index < -0.39 is 0 Å². The Morgan fingerprint density at radius 3 is 2.48 bits per heavy atom. The molecule has 1 aromatic heterocycles. The van der Waals surface area contributed by atoms with Crippen LogP contribution in [0.25, 0.3) is 16.6 Å². The van der Waals surface area contributed by atoms with Gasteiger partial charge in [-0.2, -0.15) is 0 Å². The summed E-state index contributed by atoms with van der Waals surface area (Å²) in [5.74, 6) is 0.240. The van der Waals surface area contributed by atoms with Crippen molar-refractivity contribution in [1.82, 2.24) is 9.55 Å². The Hall–Kier alpha value is -3.18. The summed E-state index contributed by atoms with van der Waals surface area (Å²) in [5.41, 5.74) is 5.18. The minimum Gasteiger partial charge on any atom is -0.293 e. The van der Waals surface area contributed by atoms with Crippen molar-refractivity contribution in [3.8, 4) is 5.69 Å². The third-order valence-corrected chi connectivity index (χ3v) is 6.31. The number of fused-ring (bicyclic) bond motifs is 1. The summed E-state index contributed by atoms with van der Waals surface area (Å²) in [5, 5.41) is 1.08. The van der Waals surface area contributed by atoms with Crippen LogP contribution in [0.4, 0.5) is 0 Å². The summed E-state index contributed by atoms with van der Waals surface area (Å²) < 4.78 is 1.61. The highest BCUT2D eigenvalue weighted by Gasteiger charge is 2.16. The van der Waals surface area contributed by atoms with Crippen molar-refractivity contribution in [1.29, 1.82) is 0 Å². The molecule has 4 rings (SSSR count). The van der Waals surface area contributed by atoms with E-state index in [1.54, 1.807) is 10.6 Å². The normalized spacial score (nSPS) is 11.1. The predicted molar refractivity (Wildman–Crippen MR) is 128 cm³/mol. The number of carbonyl (C=O) groups excluding carboxylic acids is 1. The van der Waals surface area contributed by atoms with Crippen LogP contribution in [0.2, 0.25) is 0 Å². The van der Waals surface area contributed by atoms with Crippen LogP contribution in [0.5, 0.6) is 0 Å². The van der Waals surface area contributed by atoms with Crippen LogP contribution < -0.4 is 5.56 Å². The molecule has 0 aliphatic rings. The second-order valence-electron chi connectivity index (χ2n) is 7.60. The fourth-order valence-electron chi connectivity index (χ4n) is 3.56. The van der Waals surface area contributed by atoms with Crippen LogP contribution in [0.15, 0.2) is 76.7 Å². The molecule has 156 valence electrons. The maximum absolute atomic E-state index is 13.3.